The van der Waals surface area contributed by atoms with E-state index < -0.39 is 0 Å². The van der Waals surface area contributed by atoms with E-state index in [0.29, 0.717) is 27.9 Å². The van der Waals surface area contributed by atoms with Crippen molar-refractivity contribution in [1.29, 1.82) is 0 Å². The van der Waals surface area contributed by atoms with Gasteiger partial charge in [-0.2, -0.15) is 0 Å². The van der Waals surface area contributed by atoms with Crippen LogP contribution >= 0.6 is 11.3 Å². The molecule has 0 bridgehead atoms. The molecule has 0 saturated carbocycles. The van der Waals surface area contributed by atoms with E-state index in [0.717, 1.165) is 17.7 Å². The molecule has 4 rings (SSSR count). The summed E-state index contributed by atoms with van der Waals surface area (Å²) in [6, 6.07) is 9.89. The molecule has 0 atom stereocenters. The van der Waals surface area contributed by atoms with Crippen LogP contribution in [0.2, 0.25) is 0 Å². The number of imidazole rings is 1. The predicted molar refractivity (Wildman–Crippen MR) is 107 cm³/mol. The molecule has 0 aliphatic heterocycles. The molecule has 0 unspecified atom stereocenters. The normalized spacial score (nSPS) is 10.8. The Morgan fingerprint density at radius 2 is 1.96 bits per heavy atom. The Hall–Kier alpha value is -3.39. The van der Waals surface area contributed by atoms with Gasteiger partial charge in [-0.25, -0.2) is 19.9 Å². The second-order valence-corrected chi connectivity index (χ2v) is 7.24. The lowest BCUT2D eigenvalue weighted by molar-refractivity contribution is 0.0954. The summed E-state index contributed by atoms with van der Waals surface area (Å²) in [5, 5.41) is 3.62. The third-order valence-electron chi connectivity index (χ3n) is 4.13. The van der Waals surface area contributed by atoms with Crippen molar-refractivity contribution in [2.24, 2.45) is 0 Å². The van der Waals surface area contributed by atoms with Gasteiger partial charge in [-0.1, -0.05) is 24.3 Å². The number of amides is 1. The van der Waals surface area contributed by atoms with E-state index in [1.165, 1.54) is 11.3 Å². The van der Waals surface area contributed by atoms with Gasteiger partial charge in [-0.05, 0) is 24.1 Å². The van der Waals surface area contributed by atoms with Crippen molar-refractivity contribution in [3.63, 3.8) is 0 Å². The van der Waals surface area contributed by atoms with Crippen molar-refractivity contribution < 1.29 is 4.79 Å². The number of benzene rings is 1. The maximum absolute atomic E-state index is 12.6. The number of nitrogens with zero attached hydrogens (tertiary/aromatic N) is 5. The van der Waals surface area contributed by atoms with Gasteiger partial charge in [0.1, 0.15) is 4.88 Å². The van der Waals surface area contributed by atoms with Gasteiger partial charge in [0, 0.05) is 37.9 Å². The van der Waals surface area contributed by atoms with Gasteiger partial charge in [-0.15, -0.1) is 11.3 Å². The van der Waals surface area contributed by atoms with E-state index in [2.05, 4.69) is 37.4 Å². The SMILES string of the molecule is Cc1nc(-c2ncccn2)sc1C(=O)NCc1cccc(Cn2ccnc2)c1. The molecule has 0 spiro atoms. The van der Waals surface area contributed by atoms with E-state index >= 15 is 0 Å². The number of hydrogen-bond donors (Lipinski definition) is 1. The Labute approximate surface area is 166 Å². The lowest BCUT2D eigenvalue weighted by atomic mass is 10.1. The van der Waals surface area contributed by atoms with Gasteiger partial charge in [0.2, 0.25) is 0 Å². The molecule has 3 heterocycles. The highest BCUT2D eigenvalue weighted by atomic mass is 32.1. The van der Waals surface area contributed by atoms with Gasteiger partial charge < -0.3 is 9.88 Å². The third kappa shape index (κ3) is 4.12. The second kappa shape index (κ2) is 8.10. The summed E-state index contributed by atoms with van der Waals surface area (Å²) in [7, 11) is 0. The largest absolute Gasteiger partial charge is 0.347 e. The zero-order valence-corrected chi connectivity index (χ0v) is 16.1. The third-order valence-corrected chi connectivity index (χ3v) is 5.28. The minimum absolute atomic E-state index is 0.141. The summed E-state index contributed by atoms with van der Waals surface area (Å²) in [6.45, 7) is 3.02. The number of carbonyl (C=O) groups excluding carboxylic acids is 1. The quantitative estimate of drug-likeness (QED) is 0.547. The minimum atomic E-state index is -0.141. The van der Waals surface area contributed by atoms with Crippen LogP contribution in [-0.2, 0) is 13.1 Å². The summed E-state index contributed by atoms with van der Waals surface area (Å²) in [5.74, 6) is 0.388. The molecule has 0 saturated heterocycles. The van der Waals surface area contributed by atoms with E-state index in [4.69, 9.17) is 0 Å². The van der Waals surface area contributed by atoms with Gasteiger partial charge in [0.25, 0.3) is 5.91 Å². The van der Waals surface area contributed by atoms with Crippen LogP contribution in [-0.4, -0.2) is 30.4 Å². The van der Waals surface area contributed by atoms with E-state index in [9.17, 15) is 4.79 Å². The molecule has 0 aliphatic rings. The standard InChI is InChI=1S/C20H18N6OS/c1-14-17(28-20(25-14)18-22-6-3-7-23-18)19(27)24-11-15-4-2-5-16(10-15)12-26-9-8-21-13-26/h2-10,13H,11-12H2,1H3,(H,24,27). The number of aryl methyl sites for hydroxylation is 1. The molecule has 1 amide bonds. The number of hydrogen-bond acceptors (Lipinski definition) is 6. The van der Waals surface area contributed by atoms with Crippen LogP contribution in [0.1, 0.15) is 26.5 Å². The molecule has 28 heavy (non-hydrogen) atoms. The van der Waals surface area contributed by atoms with Gasteiger partial charge in [-0.3, -0.25) is 4.79 Å². The number of thiazole rings is 1. The molecular formula is C20H18N6OS. The fourth-order valence-electron chi connectivity index (χ4n) is 2.80. The van der Waals surface area contributed by atoms with Crippen molar-refractivity contribution in [3.8, 4) is 10.8 Å². The average Bonchev–Trinajstić information content (AvgIpc) is 3.37. The summed E-state index contributed by atoms with van der Waals surface area (Å²) in [6.07, 6.45) is 8.80. The lowest BCUT2D eigenvalue weighted by Crippen LogP contribution is -2.22. The number of carbonyl (C=O) groups is 1. The molecule has 7 nitrogen and oxygen atoms in total. The smallest absolute Gasteiger partial charge is 0.263 e. The molecule has 1 aromatic carbocycles. The predicted octanol–water partition coefficient (Wildman–Crippen LogP) is 3.08. The van der Waals surface area contributed by atoms with Crippen LogP contribution in [0.25, 0.3) is 10.8 Å². The van der Waals surface area contributed by atoms with Crippen LogP contribution in [0, 0.1) is 6.92 Å². The van der Waals surface area contributed by atoms with Crippen molar-refractivity contribution in [2.45, 2.75) is 20.0 Å². The van der Waals surface area contributed by atoms with Crippen LogP contribution < -0.4 is 5.32 Å². The number of aromatic nitrogens is 5. The summed E-state index contributed by atoms with van der Waals surface area (Å²) < 4.78 is 2.01. The van der Waals surface area contributed by atoms with Crippen molar-refractivity contribution in [2.75, 3.05) is 0 Å². The molecule has 140 valence electrons. The van der Waals surface area contributed by atoms with Crippen LogP contribution in [0.5, 0.6) is 0 Å². The highest BCUT2D eigenvalue weighted by molar-refractivity contribution is 7.17. The first-order valence-corrected chi connectivity index (χ1v) is 9.57. The number of nitrogens with one attached hydrogen (secondary N) is 1. The van der Waals surface area contributed by atoms with Gasteiger partial charge in [0.05, 0.1) is 12.0 Å². The summed E-state index contributed by atoms with van der Waals surface area (Å²) >= 11 is 1.30. The monoisotopic (exact) mass is 390 g/mol. The molecule has 4 aromatic rings. The Kier molecular flexibility index (Phi) is 5.20. The fraction of sp³-hybridized carbons (Fsp3) is 0.150. The maximum atomic E-state index is 12.6. The van der Waals surface area contributed by atoms with E-state index in [1.54, 1.807) is 31.0 Å². The Morgan fingerprint density at radius 3 is 2.75 bits per heavy atom. The fourth-order valence-corrected chi connectivity index (χ4v) is 3.73. The van der Waals surface area contributed by atoms with Crippen molar-refractivity contribution >= 4 is 17.2 Å². The highest BCUT2D eigenvalue weighted by Crippen LogP contribution is 2.25. The summed E-state index contributed by atoms with van der Waals surface area (Å²) in [4.78, 5) is 30.1. The molecular weight excluding hydrogens is 372 g/mol. The second-order valence-electron chi connectivity index (χ2n) is 6.24. The van der Waals surface area contributed by atoms with Crippen molar-refractivity contribution in [3.05, 3.63) is 83.1 Å². The molecule has 0 aliphatic carbocycles. The molecule has 0 radical (unpaired) electrons. The minimum Gasteiger partial charge on any atom is -0.347 e. The first kappa shape index (κ1) is 18.0. The van der Waals surface area contributed by atoms with Gasteiger partial charge in [0.15, 0.2) is 10.8 Å². The van der Waals surface area contributed by atoms with E-state index in [-0.39, 0.29) is 5.91 Å². The van der Waals surface area contributed by atoms with Crippen LogP contribution in [0.3, 0.4) is 0 Å². The lowest BCUT2D eigenvalue weighted by Gasteiger charge is -2.07. The maximum Gasteiger partial charge on any atom is 0.263 e. The topological polar surface area (TPSA) is 85.6 Å². The molecule has 1 N–H and O–H groups in total. The average molecular weight is 390 g/mol. The highest BCUT2D eigenvalue weighted by Gasteiger charge is 2.17. The number of rotatable bonds is 6. The zero-order valence-electron chi connectivity index (χ0n) is 15.2. The molecule has 0 fully saturated rings. The summed E-state index contributed by atoms with van der Waals surface area (Å²) in [5.41, 5.74) is 2.88. The zero-order chi connectivity index (χ0) is 19.3. The van der Waals surface area contributed by atoms with Crippen molar-refractivity contribution in [1.82, 2.24) is 29.8 Å². The van der Waals surface area contributed by atoms with Gasteiger partial charge >= 0.3 is 0 Å². The van der Waals surface area contributed by atoms with E-state index in [1.807, 2.05) is 29.8 Å². The van der Waals surface area contributed by atoms with Crippen LogP contribution in [0.15, 0.2) is 61.4 Å². The first-order chi connectivity index (χ1) is 13.7. The first-order valence-electron chi connectivity index (χ1n) is 8.75. The molecule has 8 heteroatoms. The Balaban J connectivity index is 1.43. The molecule has 3 aromatic heterocycles. The van der Waals surface area contributed by atoms with Crippen LogP contribution in [0.4, 0.5) is 0 Å². The Bertz CT molecular complexity index is 1080. The Morgan fingerprint density at radius 1 is 1.14 bits per heavy atom.